The number of anilines is 2. The fourth-order valence-corrected chi connectivity index (χ4v) is 9.03. The fourth-order valence-electron chi connectivity index (χ4n) is 9.03. The van der Waals surface area contributed by atoms with Crippen molar-refractivity contribution in [1.82, 2.24) is 44.2 Å². The third-order valence-corrected chi connectivity index (χ3v) is 12.5. The van der Waals surface area contributed by atoms with Gasteiger partial charge in [-0.05, 0) is 71.8 Å². The normalized spacial score (nSPS) is 18.1. The number of carbonyl (C=O) groups excluding carboxylic acids is 2. The van der Waals surface area contributed by atoms with Gasteiger partial charge in [-0.1, -0.05) is 32.0 Å². The Labute approximate surface area is 349 Å². The number of rotatable bonds is 9. The first-order valence-electron chi connectivity index (χ1n) is 21.1. The molecule has 3 saturated heterocycles. The van der Waals surface area contributed by atoms with Gasteiger partial charge in [-0.15, -0.1) is 5.10 Å². The molecule has 16 nitrogen and oxygen atoms in total. The number of phenols is 2. The van der Waals surface area contributed by atoms with Crippen molar-refractivity contribution < 1.29 is 24.5 Å². The van der Waals surface area contributed by atoms with Crippen LogP contribution in [0.5, 0.6) is 11.5 Å². The molecule has 0 bridgehead atoms. The van der Waals surface area contributed by atoms with Crippen molar-refractivity contribution in [2.75, 3.05) is 76.2 Å². The second kappa shape index (κ2) is 16.7. The smallest absolute Gasteiger partial charge is 0.258 e. The van der Waals surface area contributed by atoms with Crippen LogP contribution < -0.4 is 10.6 Å². The van der Waals surface area contributed by atoms with Crippen molar-refractivity contribution in [3.8, 4) is 22.9 Å². The molecule has 9 rings (SSSR count). The number of amides is 2. The number of ether oxygens (including phenoxy) is 1. The van der Waals surface area contributed by atoms with Gasteiger partial charge in [0, 0.05) is 96.0 Å². The van der Waals surface area contributed by atoms with E-state index in [0.717, 1.165) is 93.2 Å². The highest BCUT2D eigenvalue weighted by molar-refractivity contribution is 5.97. The molecule has 4 N–H and O–H groups in total. The summed E-state index contributed by atoms with van der Waals surface area (Å²) in [6.07, 6.45) is 7.05. The molecule has 4 aliphatic heterocycles. The number of carbonyl (C=O) groups is 2. The number of hydrogen-bond donors (Lipinski definition) is 3. The highest BCUT2D eigenvalue weighted by Gasteiger charge is 2.32. The maximum atomic E-state index is 13.7. The summed E-state index contributed by atoms with van der Waals surface area (Å²) < 4.78 is 7.52. The molecule has 3 aromatic heterocycles. The number of benzene rings is 2. The number of nitrogens with two attached hydrogens (primary N) is 1. The molecule has 0 radical (unpaired) electrons. The lowest BCUT2D eigenvalue weighted by Crippen LogP contribution is -2.51. The first-order valence-corrected chi connectivity index (χ1v) is 21.1. The van der Waals surface area contributed by atoms with Crippen LogP contribution in [0.3, 0.4) is 0 Å². The largest absolute Gasteiger partial charge is 0.508 e. The molecule has 16 heteroatoms. The minimum absolute atomic E-state index is 0.00275. The lowest BCUT2D eigenvalue weighted by molar-refractivity contribution is -0.139. The molecule has 5 aromatic rings. The summed E-state index contributed by atoms with van der Waals surface area (Å²) in [5.41, 5.74) is 12.8. The van der Waals surface area contributed by atoms with Gasteiger partial charge in [0.25, 0.3) is 5.91 Å². The van der Waals surface area contributed by atoms with Crippen LogP contribution >= 0.6 is 0 Å². The number of piperazine rings is 1. The molecule has 3 fully saturated rings. The second-order valence-corrected chi connectivity index (χ2v) is 16.9. The highest BCUT2D eigenvalue weighted by Crippen LogP contribution is 2.35. The molecular weight excluding hydrogens is 763 g/mol. The summed E-state index contributed by atoms with van der Waals surface area (Å²) >= 11 is 0. The van der Waals surface area contributed by atoms with Gasteiger partial charge in [0.15, 0.2) is 11.6 Å². The number of piperidine rings is 1. The number of morpholine rings is 1. The van der Waals surface area contributed by atoms with E-state index in [9.17, 15) is 19.8 Å². The van der Waals surface area contributed by atoms with Crippen molar-refractivity contribution in [2.24, 2.45) is 5.92 Å². The van der Waals surface area contributed by atoms with Crippen LogP contribution in [-0.2, 0) is 35.7 Å². The van der Waals surface area contributed by atoms with Crippen molar-refractivity contribution in [3.63, 3.8) is 0 Å². The summed E-state index contributed by atoms with van der Waals surface area (Å²) in [5, 5.41) is 25.6. The molecule has 0 unspecified atom stereocenters. The van der Waals surface area contributed by atoms with E-state index < -0.39 is 0 Å². The molecule has 60 heavy (non-hydrogen) atoms. The van der Waals surface area contributed by atoms with Gasteiger partial charge in [-0.2, -0.15) is 0 Å². The van der Waals surface area contributed by atoms with Gasteiger partial charge in [-0.25, -0.2) is 19.5 Å². The number of aromatic nitrogens is 5. The number of nitrogen functional groups attached to an aromatic ring is 1. The third kappa shape index (κ3) is 8.18. The predicted octanol–water partition coefficient (Wildman–Crippen LogP) is 3.85. The molecule has 0 atom stereocenters. The van der Waals surface area contributed by atoms with Gasteiger partial charge in [-0.3, -0.25) is 19.4 Å². The second-order valence-electron chi connectivity index (χ2n) is 16.9. The number of aromatic hydroxyl groups is 2. The summed E-state index contributed by atoms with van der Waals surface area (Å²) in [6.45, 7) is 13.9. The van der Waals surface area contributed by atoms with Crippen molar-refractivity contribution in [1.29, 1.82) is 0 Å². The lowest BCUT2D eigenvalue weighted by atomic mass is 9.94. The Morgan fingerprint density at radius 3 is 2.25 bits per heavy atom. The molecular formula is C44H53N11O5. The maximum Gasteiger partial charge on any atom is 0.258 e. The van der Waals surface area contributed by atoms with Crippen LogP contribution in [-0.4, -0.2) is 132 Å². The van der Waals surface area contributed by atoms with E-state index in [0.29, 0.717) is 56.3 Å². The van der Waals surface area contributed by atoms with Gasteiger partial charge < -0.3 is 35.4 Å². The number of phenolic OH excluding ortho intramolecular Hbond substituents is 2. The summed E-state index contributed by atoms with van der Waals surface area (Å²) in [6, 6.07) is 11.5. The monoisotopic (exact) mass is 815 g/mol. The molecule has 0 spiro atoms. The Balaban J connectivity index is 0.766. The van der Waals surface area contributed by atoms with E-state index >= 15 is 0 Å². The zero-order valence-corrected chi connectivity index (χ0v) is 34.3. The first kappa shape index (κ1) is 39.6. The maximum absolute atomic E-state index is 13.7. The van der Waals surface area contributed by atoms with Crippen molar-refractivity contribution >= 4 is 29.1 Å². The molecule has 4 aliphatic rings. The quantitative estimate of drug-likeness (QED) is 0.195. The molecule has 314 valence electrons. The van der Waals surface area contributed by atoms with Gasteiger partial charge in [0.2, 0.25) is 11.9 Å². The number of likely N-dealkylation sites (tertiary alicyclic amines) is 1. The Morgan fingerprint density at radius 2 is 1.52 bits per heavy atom. The minimum atomic E-state index is -0.245. The average Bonchev–Trinajstić information content (AvgIpc) is 3.88. The summed E-state index contributed by atoms with van der Waals surface area (Å²) in [4.78, 5) is 51.3. The highest BCUT2D eigenvalue weighted by atomic mass is 16.5. The summed E-state index contributed by atoms with van der Waals surface area (Å²) in [5.74, 6) is 1.46. The van der Waals surface area contributed by atoms with E-state index in [1.807, 2.05) is 18.4 Å². The van der Waals surface area contributed by atoms with E-state index in [4.69, 9.17) is 20.6 Å². The van der Waals surface area contributed by atoms with Crippen LogP contribution in [0.2, 0.25) is 0 Å². The molecule has 0 aliphatic carbocycles. The van der Waals surface area contributed by atoms with E-state index in [1.54, 1.807) is 23.4 Å². The van der Waals surface area contributed by atoms with Crippen LogP contribution in [0.1, 0.15) is 70.8 Å². The molecule has 2 amide bonds. The zero-order valence-electron chi connectivity index (χ0n) is 34.3. The molecule has 7 heterocycles. The Hall–Kier alpha value is -5.84. The fraction of sp³-hybridized carbons (Fsp3) is 0.455. The van der Waals surface area contributed by atoms with E-state index in [-0.39, 0.29) is 46.7 Å². The predicted molar refractivity (Wildman–Crippen MR) is 225 cm³/mol. The van der Waals surface area contributed by atoms with Gasteiger partial charge in [0.05, 0.1) is 24.3 Å². The van der Waals surface area contributed by atoms with Crippen LogP contribution in [0.25, 0.3) is 16.9 Å². The van der Waals surface area contributed by atoms with Gasteiger partial charge >= 0.3 is 0 Å². The van der Waals surface area contributed by atoms with Crippen molar-refractivity contribution in [3.05, 3.63) is 88.4 Å². The Bertz CT molecular complexity index is 2380. The standard InChI is InChI=1S/C44H53N11O5/c1-28(2)35-19-36(39(57)20-38(35)56)43(59)54-26-32-4-3-29(17-33(32)27-54)23-50-7-5-31(6-8-50)42(58)53-11-9-51(10-12-53)24-30-18-37-41(52-13-15-60-16-14-52)48-40(49-55(37)25-30)34-21-46-44(45)47-22-34/h3-4,17-22,25,28,31,56-57H,5-16,23-24,26-27H2,1-2H3,(H2,45,46,47). The van der Waals surface area contributed by atoms with E-state index in [2.05, 4.69) is 60.0 Å². The number of nitrogens with zero attached hydrogens (tertiary/aromatic N) is 10. The first-order chi connectivity index (χ1) is 29.1. The van der Waals surface area contributed by atoms with Gasteiger partial charge in [0.1, 0.15) is 17.0 Å². The Kier molecular flexibility index (Phi) is 11.0. The minimum Gasteiger partial charge on any atom is -0.508 e. The molecule has 0 saturated carbocycles. The van der Waals surface area contributed by atoms with Crippen molar-refractivity contribution in [2.45, 2.75) is 58.8 Å². The SMILES string of the molecule is CC(C)c1cc(C(=O)N2Cc3ccc(CN4CCC(C(=O)N5CCN(Cc6cc7c(N8CCOCC8)nc(-c8cnc(N)nc8)nn7c6)CC5)CC4)cc3C2)c(O)cc1O. The molecule has 2 aromatic carbocycles. The third-order valence-electron chi connectivity index (χ3n) is 12.5. The zero-order chi connectivity index (χ0) is 41.5. The Morgan fingerprint density at radius 1 is 0.817 bits per heavy atom. The topological polar surface area (TPSA) is 182 Å². The number of fused-ring (bicyclic) bond motifs is 2. The average molecular weight is 816 g/mol. The number of hydrogen-bond acceptors (Lipinski definition) is 13. The lowest BCUT2D eigenvalue weighted by Gasteiger charge is -2.38. The van der Waals surface area contributed by atoms with Crippen LogP contribution in [0.15, 0.2) is 55.0 Å². The van der Waals surface area contributed by atoms with E-state index in [1.165, 1.54) is 11.6 Å². The summed E-state index contributed by atoms with van der Waals surface area (Å²) in [7, 11) is 0. The van der Waals surface area contributed by atoms with Crippen LogP contribution in [0, 0.1) is 5.92 Å². The van der Waals surface area contributed by atoms with Crippen LogP contribution in [0.4, 0.5) is 11.8 Å².